The largest absolute Gasteiger partial charge is 0.380 e. The van der Waals surface area contributed by atoms with Crippen molar-refractivity contribution >= 4 is 5.69 Å². The molecular weight excluding hydrogens is 286 g/mol. The van der Waals surface area contributed by atoms with Crippen LogP contribution < -0.4 is 5.32 Å². The first-order valence-electron chi connectivity index (χ1n) is 7.13. The number of rotatable bonds is 3. The van der Waals surface area contributed by atoms with Crippen LogP contribution in [-0.4, -0.2) is 35.6 Å². The quantitative estimate of drug-likeness (QED) is 0.687. The highest BCUT2D eigenvalue weighted by atomic mass is 19.2. The van der Waals surface area contributed by atoms with Crippen molar-refractivity contribution in [1.29, 1.82) is 0 Å². The van der Waals surface area contributed by atoms with Crippen molar-refractivity contribution in [3.63, 3.8) is 0 Å². The predicted molar refractivity (Wildman–Crippen MR) is 69.9 cm³/mol. The van der Waals surface area contributed by atoms with Gasteiger partial charge < -0.3 is 10.2 Å². The van der Waals surface area contributed by atoms with Crippen molar-refractivity contribution in [2.45, 2.75) is 37.8 Å². The van der Waals surface area contributed by atoms with E-state index in [1.807, 2.05) is 0 Å². The van der Waals surface area contributed by atoms with E-state index in [1.165, 1.54) is 0 Å². The van der Waals surface area contributed by atoms with Gasteiger partial charge in [-0.2, -0.15) is 22.5 Å². The summed E-state index contributed by atoms with van der Waals surface area (Å²) < 4.78 is 53.1. The number of anilines is 1. The Morgan fingerprint density at radius 3 is 2.10 bits per heavy atom. The number of nitrogens with one attached hydrogen (secondary N) is 1. The van der Waals surface area contributed by atoms with Crippen LogP contribution in [0.5, 0.6) is 0 Å². The van der Waals surface area contributed by atoms with Gasteiger partial charge in [0.25, 0.3) is 11.9 Å². The summed E-state index contributed by atoms with van der Waals surface area (Å²) in [6, 6.07) is 0.993. The number of hydrogen-bond acceptors (Lipinski definition) is 3. The molecule has 2 unspecified atom stereocenters. The summed E-state index contributed by atoms with van der Waals surface area (Å²) >= 11 is 0. The monoisotopic (exact) mass is 303 g/mol. The first-order valence-corrected chi connectivity index (χ1v) is 7.13. The van der Waals surface area contributed by atoms with Crippen molar-refractivity contribution in [3.05, 3.63) is 23.5 Å². The fourth-order valence-electron chi connectivity index (χ4n) is 3.58. The zero-order valence-corrected chi connectivity index (χ0v) is 11.7. The van der Waals surface area contributed by atoms with E-state index in [0.29, 0.717) is 18.6 Å². The smallest absolute Gasteiger partial charge is 0.253 e. The van der Waals surface area contributed by atoms with Crippen LogP contribution in [0.25, 0.3) is 0 Å². The third kappa shape index (κ3) is 2.59. The van der Waals surface area contributed by atoms with E-state index in [9.17, 15) is 17.6 Å². The maximum absolute atomic E-state index is 13.5. The minimum Gasteiger partial charge on any atom is -0.380 e. The van der Waals surface area contributed by atoms with E-state index < -0.39 is 29.2 Å². The highest BCUT2D eigenvalue weighted by molar-refractivity contribution is 5.45. The Morgan fingerprint density at radius 1 is 1.05 bits per heavy atom. The second kappa shape index (κ2) is 5.44. The number of nitrogens with zero attached hydrogens (tertiary/aromatic N) is 2. The molecule has 7 heteroatoms. The molecule has 0 radical (unpaired) electrons. The Bertz CT molecular complexity index is 511. The van der Waals surface area contributed by atoms with Gasteiger partial charge >= 0.3 is 0 Å². The van der Waals surface area contributed by atoms with Gasteiger partial charge in [-0.05, 0) is 38.6 Å². The molecule has 21 heavy (non-hydrogen) atoms. The third-order valence-electron chi connectivity index (χ3n) is 4.76. The Hall–Kier alpha value is -1.37. The van der Waals surface area contributed by atoms with Crippen LogP contribution in [-0.2, 0) is 0 Å². The lowest BCUT2D eigenvalue weighted by molar-refractivity contribution is 0.139. The van der Waals surface area contributed by atoms with Crippen molar-refractivity contribution in [3.8, 4) is 0 Å². The molecule has 1 aromatic rings. The van der Waals surface area contributed by atoms with E-state index in [4.69, 9.17) is 0 Å². The van der Waals surface area contributed by atoms with Gasteiger partial charge in [-0.1, -0.05) is 0 Å². The fraction of sp³-hybridized carbons (Fsp3) is 0.643. The second-order valence-corrected chi connectivity index (χ2v) is 5.97. The maximum Gasteiger partial charge on any atom is 0.253 e. The van der Waals surface area contributed by atoms with Gasteiger partial charge in [0.15, 0.2) is 0 Å². The van der Waals surface area contributed by atoms with E-state index in [1.54, 1.807) is 0 Å². The molecule has 2 aliphatic heterocycles. The summed E-state index contributed by atoms with van der Waals surface area (Å²) in [7, 11) is 2.10. The predicted octanol–water partition coefficient (Wildman–Crippen LogP) is 2.92. The summed E-state index contributed by atoms with van der Waals surface area (Å²) in [5.74, 6) is -5.94. The molecule has 2 bridgehead atoms. The van der Waals surface area contributed by atoms with Crippen LogP contribution in [0.15, 0.2) is 0 Å². The zero-order valence-electron chi connectivity index (χ0n) is 11.7. The first-order chi connectivity index (χ1) is 9.97. The number of halogens is 4. The normalized spacial score (nSPS) is 28.9. The minimum absolute atomic E-state index is 0.247. The molecule has 3 nitrogen and oxygen atoms in total. The lowest BCUT2D eigenvalue weighted by Gasteiger charge is -2.36. The molecule has 2 aliphatic rings. The lowest BCUT2D eigenvalue weighted by atomic mass is 9.91. The van der Waals surface area contributed by atoms with Gasteiger partial charge in [-0.3, -0.25) is 0 Å². The van der Waals surface area contributed by atoms with Crippen LogP contribution in [0.3, 0.4) is 0 Å². The molecule has 1 aromatic heterocycles. The van der Waals surface area contributed by atoms with Crippen molar-refractivity contribution < 1.29 is 17.6 Å². The molecule has 0 aliphatic carbocycles. The summed E-state index contributed by atoms with van der Waals surface area (Å²) in [5.41, 5.74) is -0.758. The number of fused-ring (bicyclic) bond motifs is 2. The molecular formula is C14H17F4N3. The molecule has 0 amide bonds. The average Bonchev–Trinajstić information content (AvgIpc) is 2.67. The molecule has 0 spiro atoms. The van der Waals surface area contributed by atoms with Crippen molar-refractivity contribution in [2.75, 3.05) is 18.9 Å². The lowest BCUT2D eigenvalue weighted by Crippen LogP contribution is -2.41. The van der Waals surface area contributed by atoms with Gasteiger partial charge in [-0.25, -0.2) is 0 Å². The Kier molecular flexibility index (Phi) is 3.77. The fourth-order valence-corrected chi connectivity index (χ4v) is 3.58. The maximum atomic E-state index is 13.5. The van der Waals surface area contributed by atoms with Crippen molar-refractivity contribution in [2.24, 2.45) is 5.92 Å². The van der Waals surface area contributed by atoms with Crippen LogP contribution in [0, 0.1) is 29.4 Å². The van der Waals surface area contributed by atoms with Crippen LogP contribution in [0.2, 0.25) is 0 Å². The Morgan fingerprint density at radius 2 is 1.57 bits per heavy atom. The number of pyridine rings is 1. The Labute approximate surface area is 120 Å². The van der Waals surface area contributed by atoms with Gasteiger partial charge in [0, 0.05) is 18.6 Å². The van der Waals surface area contributed by atoms with E-state index in [-0.39, 0.29) is 5.92 Å². The number of aromatic nitrogens is 1. The molecule has 2 saturated heterocycles. The van der Waals surface area contributed by atoms with Crippen LogP contribution in [0.1, 0.15) is 25.7 Å². The summed E-state index contributed by atoms with van der Waals surface area (Å²) in [5, 5.41) is 2.53. The topological polar surface area (TPSA) is 28.2 Å². The third-order valence-corrected chi connectivity index (χ3v) is 4.76. The average molecular weight is 303 g/mol. The summed E-state index contributed by atoms with van der Waals surface area (Å²) in [4.78, 5) is 4.89. The summed E-state index contributed by atoms with van der Waals surface area (Å²) in [6.45, 7) is 0.303. The standard InChI is InChI=1S/C14H17F4N3/c1-21-8-2-3-9(21)5-7(4-8)6-19-12-10(15)13(17)20-14(18)11(12)16/h7-9H,2-6H2,1H3,(H,19,20). The van der Waals surface area contributed by atoms with Gasteiger partial charge in [0.05, 0.1) is 0 Å². The SMILES string of the molecule is CN1C2CCC1CC(CNc1c(F)c(F)nc(F)c1F)C2. The minimum atomic E-state index is -1.63. The van der Waals surface area contributed by atoms with E-state index >= 15 is 0 Å². The van der Waals surface area contributed by atoms with Crippen LogP contribution in [0.4, 0.5) is 23.2 Å². The first kappa shape index (κ1) is 14.6. The molecule has 116 valence electrons. The van der Waals surface area contributed by atoms with Gasteiger partial charge in [0.2, 0.25) is 11.6 Å². The van der Waals surface area contributed by atoms with Gasteiger partial charge in [0.1, 0.15) is 5.69 Å². The number of piperidine rings is 1. The highest BCUT2D eigenvalue weighted by Crippen LogP contribution is 2.37. The molecule has 0 aromatic carbocycles. The molecule has 0 saturated carbocycles. The van der Waals surface area contributed by atoms with E-state index in [2.05, 4.69) is 22.2 Å². The molecule has 1 N–H and O–H groups in total. The van der Waals surface area contributed by atoms with Crippen molar-refractivity contribution in [1.82, 2.24) is 9.88 Å². The number of hydrogen-bond donors (Lipinski definition) is 1. The highest BCUT2D eigenvalue weighted by Gasteiger charge is 2.38. The molecule has 2 fully saturated rings. The Balaban J connectivity index is 1.69. The van der Waals surface area contributed by atoms with Gasteiger partial charge in [-0.15, -0.1) is 0 Å². The molecule has 3 rings (SSSR count). The molecule has 3 heterocycles. The zero-order chi connectivity index (χ0) is 15.1. The summed E-state index contributed by atoms with van der Waals surface area (Å²) in [6.07, 6.45) is 4.14. The molecule has 2 atom stereocenters. The van der Waals surface area contributed by atoms with E-state index in [0.717, 1.165) is 25.7 Å². The van der Waals surface area contributed by atoms with Crippen LogP contribution >= 0.6 is 0 Å². The second-order valence-electron chi connectivity index (χ2n) is 5.97.